The van der Waals surface area contributed by atoms with E-state index in [1.165, 1.54) is 0 Å². The van der Waals surface area contributed by atoms with Crippen LogP contribution in [-0.2, 0) is 13.9 Å². The highest BCUT2D eigenvalue weighted by molar-refractivity contribution is 6.74. The monoisotopic (exact) mass is 301 g/mol. The molecule has 2 rings (SSSR count). The van der Waals surface area contributed by atoms with Gasteiger partial charge in [-0.1, -0.05) is 20.8 Å². The van der Waals surface area contributed by atoms with Crippen molar-refractivity contribution in [3.8, 4) is 0 Å². The Labute approximate surface area is 124 Å². The van der Waals surface area contributed by atoms with E-state index in [1.807, 2.05) is 13.8 Å². The molecule has 0 aromatic rings. The molecular formula is C15H31NO3Si. The third-order valence-corrected chi connectivity index (χ3v) is 9.50. The largest absolute Gasteiger partial charge is 0.415 e. The number of ether oxygens (including phenoxy) is 2. The van der Waals surface area contributed by atoms with Crippen molar-refractivity contribution < 1.29 is 13.9 Å². The van der Waals surface area contributed by atoms with E-state index < -0.39 is 14.1 Å². The Morgan fingerprint density at radius 2 is 1.85 bits per heavy atom. The Balaban J connectivity index is 1.99. The van der Waals surface area contributed by atoms with Crippen LogP contribution in [0.25, 0.3) is 0 Å². The van der Waals surface area contributed by atoms with E-state index in [0.29, 0.717) is 6.61 Å². The van der Waals surface area contributed by atoms with E-state index in [9.17, 15) is 0 Å². The van der Waals surface area contributed by atoms with Gasteiger partial charge in [-0.25, -0.2) is 0 Å². The van der Waals surface area contributed by atoms with E-state index in [0.717, 1.165) is 6.54 Å². The average molecular weight is 302 g/mol. The molecule has 0 saturated carbocycles. The predicted octanol–water partition coefficient (Wildman–Crippen LogP) is 2.89. The topological polar surface area (TPSA) is 39.7 Å². The van der Waals surface area contributed by atoms with Crippen molar-refractivity contribution in [2.75, 3.05) is 13.2 Å². The summed E-state index contributed by atoms with van der Waals surface area (Å²) in [5.41, 5.74) is -0.231. The van der Waals surface area contributed by atoms with Gasteiger partial charge in [0.25, 0.3) is 0 Å². The molecule has 2 aliphatic heterocycles. The standard InChI is InChI=1S/C15H31NO3Si/c1-13(2,3)20(7,8)17-9-11-12-15(6,10-16-11)19-14(4,5)18-12/h11-12,16H,9-10H2,1-8H3/t11-,12-,15+/m1/s1. The quantitative estimate of drug-likeness (QED) is 0.814. The first-order valence-corrected chi connectivity index (χ1v) is 10.5. The molecule has 0 spiro atoms. The van der Waals surface area contributed by atoms with E-state index >= 15 is 0 Å². The fourth-order valence-corrected chi connectivity index (χ4v) is 3.85. The van der Waals surface area contributed by atoms with Crippen molar-refractivity contribution in [2.24, 2.45) is 0 Å². The van der Waals surface area contributed by atoms with Crippen LogP contribution in [0, 0.1) is 0 Å². The van der Waals surface area contributed by atoms with Crippen LogP contribution in [0.3, 0.4) is 0 Å². The zero-order valence-electron chi connectivity index (χ0n) is 14.3. The summed E-state index contributed by atoms with van der Waals surface area (Å²) in [6.07, 6.45) is 0.0715. The molecule has 2 aliphatic rings. The summed E-state index contributed by atoms with van der Waals surface area (Å²) >= 11 is 0. The fourth-order valence-electron chi connectivity index (χ4n) is 2.82. The Hall–Kier alpha value is 0.0569. The van der Waals surface area contributed by atoms with Gasteiger partial charge >= 0.3 is 0 Å². The van der Waals surface area contributed by atoms with Gasteiger partial charge in [0, 0.05) is 6.54 Å². The first-order valence-electron chi connectivity index (χ1n) is 7.62. The molecular weight excluding hydrogens is 270 g/mol. The van der Waals surface area contributed by atoms with Crippen molar-refractivity contribution in [1.29, 1.82) is 0 Å². The van der Waals surface area contributed by atoms with Crippen LogP contribution >= 0.6 is 0 Å². The minimum Gasteiger partial charge on any atom is -0.415 e. The van der Waals surface area contributed by atoms with Crippen molar-refractivity contribution in [1.82, 2.24) is 5.32 Å². The lowest BCUT2D eigenvalue weighted by atomic mass is 10.00. The van der Waals surface area contributed by atoms with E-state index in [-0.39, 0.29) is 22.8 Å². The van der Waals surface area contributed by atoms with E-state index in [4.69, 9.17) is 13.9 Å². The van der Waals surface area contributed by atoms with Crippen LogP contribution in [-0.4, -0.2) is 45.0 Å². The maximum absolute atomic E-state index is 6.34. The lowest BCUT2D eigenvalue weighted by molar-refractivity contribution is -0.165. The Bertz CT molecular complexity index is 378. The number of hydrogen-bond acceptors (Lipinski definition) is 4. The van der Waals surface area contributed by atoms with Crippen molar-refractivity contribution >= 4 is 8.32 Å². The van der Waals surface area contributed by atoms with Crippen LogP contribution in [0.15, 0.2) is 0 Å². The van der Waals surface area contributed by atoms with Crippen molar-refractivity contribution in [3.05, 3.63) is 0 Å². The van der Waals surface area contributed by atoms with Crippen LogP contribution in [0.1, 0.15) is 41.5 Å². The molecule has 0 amide bonds. The number of rotatable bonds is 3. The maximum Gasteiger partial charge on any atom is 0.192 e. The Morgan fingerprint density at radius 1 is 1.25 bits per heavy atom. The summed E-state index contributed by atoms with van der Waals surface area (Å²) in [6.45, 7) is 19.0. The van der Waals surface area contributed by atoms with Gasteiger partial charge in [0.1, 0.15) is 11.7 Å². The Kier molecular flexibility index (Phi) is 3.93. The SMILES string of the molecule is CC1(C)O[C@@H]2[C@@H](CO[Si](C)(C)C(C)(C)C)NC[C@]2(C)O1. The van der Waals surface area contributed by atoms with Gasteiger partial charge in [-0.05, 0) is 38.9 Å². The molecule has 0 aromatic heterocycles. The third-order valence-electron chi connectivity index (χ3n) is 5.00. The summed E-state index contributed by atoms with van der Waals surface area (Å²) in [6, 6.07) is 0.218. The highest BCUT2D eigenvalue weighted by Crippen LogP contribution is 2.42. The van der Waals surface area contributed by atoms with E-state index in [2.05, 4.69) is 46.1 Å². The molecule has 0 radical (unpaired) electrons. The summed E-state index contributed by atoms with van der Waals surface area (Å²) in [7, 11) is -1.71. The molecule has 0 aliphatic carbocycles. The van der Waals surface area contributed by atoms with Gasteiger partial charge in [-0.3, -0.25) is 0 Å². The summed E-state index contributed by atoms with van der Waals surface area (Å²) in [5.74, 6) is -0.489. The molecule has 20 heavy (non-hydrogen) atoms. The zero-order valence-corrected chi connectivity index (χ0v) is 15.3. The lowest BCUT2D eigenvalue weighted by Crippen LogP contribution is -2.47. The molecule has 2 saturated heterocycles. The summed E-state index contributed by atoms with van der Waals surface area (Å²) < 4.78 is 18.5. The van der Waals surface area contributed by atoms with Gasteiger partial charge in [0.05, 0.1) is 12.6 Å². The van der Waals surface area contributed by atoms with Gasteiger partial charge in [-0.2, -0.15) is 0 Å². The predicted molar refractivity (Wildman–Crippen MR) is 83.4 cm³/mol. The molecule has 2 heterocycles. The zero-order chi connectivity index (χ0) is 15.4. The molecule has 1 N–H and O–H groups in total. The molecule has 2 fully saturated rings. The van der Waals surface area contributed by atoms with Gasteiger partial charge in [0.2, 0.25) is 0 Å². The van der Waals surface area contributed by atoms with Crippen LogP contribution in [0.5, 0.6) is 0 Å². The molecule has 5 heteroatoms. The molecule has 0 aromatic carbocycles. The average Bonchev–Trinajstić information content (AvgIpc) is 2.62. The molecule has 0 unspecified atom stereocenters. The van der Waals surface area contributed by atoms with Gasteiger partial charge < -0.3 is 19.2 Å². The lowest BCUT2D eigenvalue weighted by Gasteiger charge is -2.37. The first kappa shape index (κ1) is 16.4. The smallest absolute Gasteiger partial charge is 0.192 e. The van der Waals surface area contributed by atoms with Crippen molar-refractivity contribution in [2.45, 2.75) is 83.2 Å². The molecule has 3 atom stereocenters. The number of hydrogen-bond donors (Lipinski definition) is 1. The number of fused-ring (bicyclic) bond motifs is 1. The Morgan fingerprint density at radius 3 is 2.40 bits per heavy atom. The molecule has 0 bridgehead atoms. The second-order valence-electron chi connectivity index (χ2n) is 8.41. The minimum atomic E-state index is -1.71. The van der Waals surface area contributed by atoms with Crippen LogP contribution in [0.2, 0.25) is 18.1 Å². The van der Waals surface area contributed by atoms with Crippen LogP contribution in [0.4, 0.5) is 0 Å². The maximum atomic E-state index is 6.34. The highest BCUT2D eigenvalue weighted by atomic mass is 28.4. The first-order chi connectivity index (χ1) is 8.86. The highest BCUT2D eigenvalue weighted by Gasteiger charge is 2.57. The third kappa shape index (κ3) is 2.97. The van der Waals surface area contributed by atoms with Gasteiger partial charge in [-0.15, -0.1) is 0 Å². The minimum absolute atomic E-state index is 0.0715. The van der Waals surface area contributed by atoms with Crippen LogP contribution < -0.4 is 5.32 Å². The summed E-state index contributed by atoms with van der Waals surface area (Å²) in [4.78, 5) is 0. The van der Waals surface area contributed by atoms with Gasteiger partial charge in [0.15, 0.2) is 14.1 Å². The second-order valence-corrected chi connectivity index (χ2v) is 13.2. The normalized spacial score (nSPS) is 37.2. The molecule has 118 valence electrons. The fraction of sp³-hybridized carbons (Fsp3) is 1.00. The summed E-state index contributed by atoms with van der Waals surface area (Å²) in [5, 5.41) is 3.75. The van der Waals surface area contributed by atoms with E-state index in [1.54, 1.807) is 0 Å². The second kappa shape index (κ2) is 4.78. The van der Waals surface area contributed by atoms with Crippen molar-refractivity contribution in [3.63, 3.8) is 0 Å². The molecule has 4 nitrogen and oxygen atoms in total. The number of nitrogens with one attached hydrogen (secondary N) is 1.